The van der Waals surface area contributed by atoms with Crippen molar-refractivity contribution in [3.8, 4) is 11.3 Å². The number of alkyl halides is 3. The van der Waals surface area contributed by atoms with Crippen molar-refractivity contribution in [3.63, 3.8) is 0 Å². The smallest absolute Gasteiger partial charge is 0.319 e. The van der Waals surface area contributed by atoms with Crippen LogP contribution in [0.3, 0.4) is 0 Å². The number of hydrogen-bond acceptors (Lipinski definition) is 3. The number of halogens is 4. The molecule has 0 saturated carbocycles. The van der Waals surface area contributed by atoms with E-state index < -0.39 is 23.5 Å². The Morgan fingerprint density at radius 3 is 2.50 bits per heavy atom. The molecular formula is C22H13F4N3O. The molecule has 0 bridgehead atoms. The zero-order valence-electron chi connectivity index (χ0n) is 15.2. The molecule has 0 unspecified atom stereocenters. The molecule has 4 rings (SSSR count). The molecule has 0 aliphatic carbocycles. The third-order valence-corrected chi connectivity index (χ3v) is 4.43. The Morgan fingerprint density at radius 2 is 1.77 bits per heavy atom. The molecule has 1 amide bonds. The van der Waals surface area contributed by atoms with E-state index in [-0.39, 0.29) is 17.0 Å². The van der Waals surface area contributed by atoms with Crippen LogP contribution in [0.25, 0.3) is 22.2 Å². The van der Waals surface area contributed by atoms with Gasteiger partial charge in [0.2, 0.25) is 0 Å². The Bertz CT molecular complexity index is 1240. The average Bonchev–Trinajstić information content (AvgIpc) is 2.74. The van der Waals surface area contributed by atoms with Gasteiger partial charge in [-0.15, -0.1) is 0 Å². The van der Waals surface area contributed by atoms with E-state index in [0.717, 1.165) is 12.1 Å². The molecular weight excluding hydrogens is 398 g/mol. The number of nitrogens with one attached hydrogen (secondary N) is 1. The first-order valence-electron chi connectivity index (χ1n) is 8.82. The van der Waals surface area contributed by atoms with Crippen LogP contribution in [0.1, 0.15) is 16.1 Å². The summed E-state index contributed by atoms with van der Waals surface area (Å²) in [4.78, 5) is 20.8. The van der Waals surface area contributed by atoms with Crippen LogP contribution in [0.4, 0.5) is 23.2 Å². The number of fused-ring (bicyclic) bond motifs is 1. The minimum atomic E-state index is -4.82. The molecule has 2 aromatic carbocycles. The predicted molar refractivity (Wildman–Crippen MR) is 104 cm³/mol. The zero-order chi connectivity index (χ0) is 21.3. The van der Waals surface area contributed by atoms with Crippen molar-refractivity contribution in [2.45, 2.75) is 6.18 Å². The second kappa shape index (κ2) is 7.55. The number of carbonyl (C=O) groups is 1. The van der Waals surface area contributed by atoms with Gasteiger partial charge >= 0.3 is 6.18 Å². The van der Waals surface area contributed by atoms with E-state index in [0.29, 0.717) is 16.6 Å². The molecule has 0 aliphatic heterocycles. The van der Waals surface area contributed by atoms with Crippen molar-refractivity contribution < 1.29 is 22.4 Å². The summed E-state index contributed by atoms with van der Waals surface area (Å²) in [6, 6.07) is 15.9. The lowest BCUT2D eigenvalue weighted by Gasteiger charge is -2.12. The van der Waals surface area contributed by atoms with Gasteiger partial charge in [0.05, 0.1) is 22.5 Å². The molecule has 0 radical (unpaired) electrons. The van der Waals surface area contributed by atoms with Gasteiger partial charge in [-0.05, 0) is 42.5 Å². The third kappa shape index (κ3) is 3.84. The van der Waals surface area contributed by atoms with Crippen LogP contribution >= 0.6 is 0 Å². The second-order valence-corrected chi connectivity index (χ2v) is 6.44. The van der Waals surface area contributed by atoms with Gasteiger partial charge in [-0.2, -0.15) is 13.2 Å². The third-order valence-electron chi connectivity index (χ3n) is 4.43. The van der Waals surface area contributed by atoms with Crippen LogP contribution in [0, 0.1) is 5.82 Å². The van der Waals surface area contributed by atoms with E-state index in [1.807, 2.05) is 0 Å². The van der Waals surface area contributed by atoms with Crippen LogP contribution in [0.15, 0.2) is 72.9 Å². The molecule has 2 heterocycles. The first-order chi connectivity index (χ1) is 14.3. The lowest BCUT2D eigenvalue weighted by Crippen LogP contribution is -2.13. The molecule has 4 aromatic rings. The highest BCUT2D eigenvalue weighted by atomic mass is 19.4. The van der Waals surface area contributed by atoms with Crippen molar-refractivity contribution in [2.75, 3.05) is 5.32 Å². The van der Waals surface area contributed by atoms with Crippen molar-refractivity contribution in [1.82, 2.24) is 9.97 Å². The van der Waals surface area contributed by atoms with Gasteiger partial charge in [0.15, 0.2) is 0 Å². The fraction of sp³-hybridized carbons (Fsp3) is 0.0455. The summed E-state index contributed by atoms with van der Waals surface area (Å²) in [7, 11) is 0. The van der Waals surface area contributed by atoms with Crippen LogP contribution in [0.2, 0.25) is 0 Å². The molecule has 2 aromatic heterocycles. The number of nitrogens with zero attached hydrogens (tertiary/aromatic N) is 2. The van der Waals surface area contributed by atoms with Crippen molar-refractivity contribution in [2.24, 2.45) is 0 Å². The standard InChI is InChI=1S/C22H13F4N3O/c23-16-9-7-14(12-15(16)22(24,25)26)17-10-8-13-4-3-6-18(20(13)28-17)29-21(30)19-5-1-2-11-27-19/h1-12H,(H,29,30). The monoisotopic (exact) mass is 411 g/mol. The summed E-state index contributed by atoms with van der Waals surface area (Å²) in [5, 5.41) is 3.40. The molecule has 0 aliphatic rings. The van der Waals surface area contributed by atoms with Gasteiger partial charge in [0, 0.05) is 17.1 Å². The van der Waals surface area contributed by atoms with E-state index in [1.54, 1.807) is 48.5 Å². The lowest BCUT2D eigenvalue weighted by molar-refractivity contribution is -0.139. The number of anilines is 1. The Balaban J connectivity index is 1.76. The van der Waals surface area contributed by atoms with Gasteiger partial charge in [-0.3, -0.25) is 9.78 Å². The quantitative estimate of drug-likeness (QED) is 0.440. The summed E-state index contributed by atoms with van der Waals surface area (Å²) < 4.78 is 52.8. The SMILES string of the molecule is O=C(Nc1cccc2ccc(-c3ccc(F)c(C(F)(F)F)c3)nc12)c1ccccn1. The summed E-state index contributed by atoms with van der Waals surface area (Å²) >= 11 is 0. The van der Waals surface area contributed by atoms with E-state index in [4.69, 9.17) is 0 Å². The number of aromatic nitrogens is 2. The van der Waals surface area contributed by atoms with Gasteiger partial charge < -0.3 is 5.32 Å². The van der Waals surface area contributed by atoms with Crippen molar-refractivity contribution in [1.29, 1.82) is 0 Å². The number of benzene rings is 2. The summed E-state index contributed by atoms with van der Waals surface area (Å²) in [5.74, 6) is -1.80. The average molecular weight is 411 g/mol. The van der Waals surface area contributed by atoms with Gasteiger partial charge in [0.1, 0.15) is 11.5 Å². The normalized spacial score (nSPS) is 11.5. The number of carbonyl (C=O) groups excluding carboxylic acids is 1. The van der Waals surface area contributed by atoms with Gasteiger partial charge in [0.25, 0.3) is 5.91 Å². The Labute approximate surface area is 168 Å². The number of hydrogen-bond donors (Lipinski definition) is 1. The van der Waals surface area contributed by atoms with Crippen LogP contribution < -0.4 is 5.32 Å². The molecule has 150 valence electrons. The van der Waals surface area contributed by atoms with Crippen molar-refractivity contribution in [3.05, 3.63) is 90.0 Å². The van der Waals surface area contributed by atoms with E-state index in [9.17, 15) is 22.4 Å². The number of pyridine rings is 2. The van der Waals surface area contributed by atoms with E-state index >= 15 is 0 Å². The molecule has 30 heavy (non-hydrogen) atoms. The first-order valence-corrected chi connectivity index (χ1v) is 8.82. The van der Waals surface area contributed by atoms with Crippen molar-refractivity contribution >= 4 is 22.5 Å². The zero-order valence-corrected chi connectivity index (χ0v) is 15.2. The minimum Gasteiger partial charge on any atom is -0.319 e. The Morgan fingerprint density at radius 1 is 0.933 bits per heavy atom. The first kappa shape index (κ1) is 19.5. The summed E-state index contributed by atoms with van der Waals surface area (Å²) in [6.45, 7) is 0. The predicted octanol–water partition coefficient (Wildman–Crippen LogP) is 5.71. The Hall–Kier alpha value is -3.81. The minimum absolute atomic E-state index is 0.108. The van der Waals surface area contributed by atoms with Gasteiger partial charge in [-0.25, -0.2) is 9.37 Å². The fourth-order valence-corrected chi connectivity index (χ4v) is 2.99. The molecule has 0 atom stereocenters. The van der Waals surface area contributed by atoms with Crippen LogP contribution in [0.5, 0.6) is 0 Å². The topological polar surface area (TPSA) is 54.9 Å². The maximum Gasteiger partial charge on any atom is 0.419 e. The molecule has 0 saturated heterocycles. The Kier molecular flexibility index (Phi) is 4.91. The van der Waals surface area contributed by atoms with Crippen LogP contribution in [-0.2, 0) is 6.18 Å². The van der Waals surface area contributed by atoms with Crippen LogP contribution in [-0.4, -0.2) is 15.9 Å². The molecule has 0 spiro atoms. The fourth-order valence-electron chi connectivity index (χ4n) is 2.99. The van der Waals surface area contributed by atoms with Gasteiger partial charge in [-0.1, -0.05) is 24.3 Å². The van der Waals surface area contributed by atoms with E-state index in [2.05, 4.69) is 15.3 Å². The number of rotatable bonds is 3. The highest BCUT2D eigenvalue weighted by Crippen LogP contribution is 2.34. The largest absolute Gasteiger partial charge is 0.419 e. The number of amides is 1. The van der Waals surface area contributed by atoms with E-state index in [1.165, 1.54) is 12.3 Å². The highest BCUT2D eigenvalue weighted by molar-refractivity contribution is 6.07. The molecule has 4 nitrogen and oxygen atoms in total. The lowest BCUT2D eigenvalue weighted by atomic mass is 10.1. The summed E-state index contributed by atoms with van der Waals surface area (Å²) in [6.07, 6.45) is -3.33. The maximum absolute atomic E-state index is 13.6. The number of para-hydroxylation sites is 1. The maximum atomic E-state index is 13.6. The second-order valence-electron chi connectivity index (χ2n) is 6.44. The summed E-state index contributed by atoms with van der Waals surface area (Å²) in [5.41, 5.74) is -0.0676. The highest BCUT2D eigenvalue weighted by Gasteiger charge is 2.34. The molecule has 1 N–H and O–H groups in total. The molecule has 8 heteroatoms. The molecule has 0 fully saturated rings.